The Morgan fingerprint density at radius 3 is 2.52 bits per heavy atom. The van der Waals surface area contributed by atoms with Gasteiger partial charge in [-0.15, -0.1) is 0 Å². The Labute approximate surface area is 164 Å². The molecule has 6 nitrogen and oxygen atoms in total. The maximum atomic E-state index is 12.7. The van der Waals surface area contributed by atoms with Crippen molar-refractivity contribution in [3.8, 4) is 5.75 Å². The van der Waals surface area contributed by atoms with Crippen molar-refractivity contribution in [3.05, 3.63) is 69.7 Å². The van der Waals surface area contributed by atoms with E-state index in [0.29, 0.717) is 11.1 Å². The van der Waals surface area contributed by atoms with E-state index in [1.807, 2.05) is 0 Å². The second-order valence-electron chi connectivity index (χ2n) is 6.09. The van der Waals surface area contributed by atoms with E-state index < -0.39 is 17.7 Å². The van der Waals surface area contributed by atoms with Gasteiger partial charge >= 0.3 is 0 Å². The summed E-state index contributed by atoms with van der Waals surface area (Å²) in [4.78, 5) is 26.6. The molecule has 1 heterocycles. The summed E-state index contributed by atoms with van der Waals surface area (Å²) in [5.74, 6) is -1.72. The van der Waals surface area contributed by atoms with Crippen LogP contribution in [0.3, 0.4) is 0 Å². The number of benzene rings is 2. The van der Waals surface area contributed by atoms with Crippen molar-refractivity contribution >= 4 is 33.4 Å². The Bertz CT molecular complexity index is 907. The number of phenols is 1. The number of likely N-dealkylation sites (tertiary alicyclic amines) is 1. The fraction of sp³-hybridized carbons (Fsp3) is 0.200. The predicted octanol–water partition coefficient (Wildman–Crippen LogP) is 3.22. The van der Waals surface area contributed by atoms with Gasteiger partial charge in [0.15, 0.2) is 0 Å². The minimum atomic E-state index is -0.809. The van der Waals surface area contributed by atoms with Gasteiger partial charge in [-0.2, -0.15) is 0 Å². The SMILES string of the molecule is COCCN1C(=O)C(=O)/C(=C(\O)c2ccc(Br)cc2)C1c1cccc(O)c1. The van der Waals surface area contributed by atoms with Crippen molar-refractivity contribution < 1.29 is 24.5 Å². The minimum Gasteiger partial charge on any atom is -0.508 e. The molecule has 1 aliphatic rings. The first-order valence-corrected chi connectivity index (χ1v) is 9.05. The Morgan fingerprint density at radius 2 is 1.89 bits per heavy atom. The van der Waals surface area contributed by atoms with Crippen LogP contribution in [0.1, 0.15) is 17.2 Å². The molecule has 0 spiro atoms. The number of ketones is 1. The number of carbonyl (C=O) groups excluding carboxylic acids is 2. The van der Waals surface area contributed by atoms with Crippen molar-refractivity contribution in [1.29, 1.82) is 0 Å². The molecule has 1 saturated heterocycles. The van der Waals surface area contributed by atoms with E-state index in [2.05, 4.69) is 15.9 Å². The number of aromatic hydroxyl groups is 1. The topological polar surface area (TPSA) is 87.1 Å². The molecule has 1 atom stereocenters. The number of hydrogen-bond donors (Lipinski definition) is 2. The van der Waals surface area contributed by atoms with E-state index in [0.717, 1.165) is 4.47 Å². The average molecular weight is 432 g/mol. The number of ether oxygens (including phenoxy) is 1. The molecule has 140 valence electrons. The van der Waals surface area contributed by atoms with Gasteiger partial charge in [-0.1, -0.05) is 40.2 Å². The molecule has 0 aliphatic carbocycles. The number of nitrogens with zero attached hydrogens (tertiary/aromatic N) is 1. The van der Waals surface area contributed by atoms with Crippen LogP contribution in [0.2, 0.25) is 0 Å². The molecule has 1 amide bonds. The number of carbonyl (C=O) groups is 2. The lowest BCUT2D eigenvalue weighted by Crippen LogP contribution is -2.32. The quantitative estimate of drug-likeness (QED) is 0.431. The molecule has 0 saturated carbocycles. The van der Waals surface area contributed by atoms with Gasteiger partial charge in [0, 0.05) is 23.7 Å². The number of aliphatic hydroxyl groups is 1. The standard InChI is InChI=1S/C20H18BrNO5/c1-27-10-9-22-17(13-3-2-4-15(23)11-13)16(19(25)20(22)26)18(24)12-5-7-14(21)8-6-12/h2-8,11,17,23-24H,9-10H2,1H3/b18-16-. The number of hydrogen-bond acceptors (Lipinski definition) is 5. The lowest BCUT2D eigenvalue weighted by Gasteiger charge is -2.25. The molecule has 3 rings (SSSR count). The highest BCUT2D eigenvalue weighted by molar-refractivity contribution is 9.10. The zero-order chi connectivity index (χ0) is 19.6. The van der Waals surface area contributed by atoms with Gasteiger partial charge < -0.3 is 19.8 Å². The first-order chi connectivity index (χ1) is 12.9. The lowest BCUT2D eigenvalue weighted by atomic mass is 9.95. The maximum Gasteiger partial charge on any atom is 0.295 e. The molecule has 2 aromatic carbocycles. The van der Waals surface area contributed by atoms with Crippen LogP contribution in [-0.2, 0) is 14.3 Å². The van der Waals surface area contributed by atoms with Crippen LogP contribution in [0.4, 0.5) is 0 Å². The van der Waals surface area contributed by atoms with E-state index in [9.17, 15) is 19.8 Å². The van der Waals surface area contributed by atoms with Crippen molar-refractivity contribution in [2.24, 2.45) is 0 Å². The Kier molecular flexibility index (Phi) is 5.62. The highest BCUT2D eigenvalue weighted by atomic mass is 79.9. The Balaban J connectivity index is 2.16. The summed E-state index contributed by atoms with van der Waals surface area (Å²) in [6.45, 7) is 0.416. The normalized spacial score (nSPS) is 18.9. The fourth-order valence-corrected chi connectivity index (χ4v) is 3.37. The van der Waals surface area contributed by atoms with E-state index in [4.69, 9.17) is 4.74 Å². The van der Waals surface area contributed by atoms with Crippen LogP contribution in [0.25, 0.3) is 5.76 Å². The monoisotopic (exact) mass is 431 g/mol. The predicted molar refractivity (Wildman–Crippen MR) is 103 cm³/mol. The van der Waals surface area contributed by atoms with Crippen molar-refractivity contribution in [2.45, 2.75) is 6.04 Å². The third-order valence-corrected chi connectivity index (χ3v) is 4.91. The van der Waals surface area contributed by atoms with E-state index >= 15 is 0 Å². The van der Waals surface area contributed by atoms with Crippen molar-refractivity contribution in [2.75, 3.05) is 20.3 Å². The van der Waals surface area contributed by atoms with Crippen molar-refractivity contribution in [3.63, 3.8) is 0 Å². The van der Waals surface area contributed by atoms with Gasteiger partial charge in [-0.05, 0) is 29.8 Å². The molecule has 1 aliphatic heterocycles. The molecule has 7 heteroatoms. The number of amides is 1. The number of halogens is 1. The van der Waals surface area contributed by atoms with E-state index in [1.165, 1.54) is 24.1 Å². The van der Waals surface area contributed by atoms with Gasteiger partial charge in [-0.25, -0.2) is 0 Å². The average Bonchev–Trinajstić information content (AvgIpc) is 2.91. The van der Waals surface area contributed by atoms with E-state index in [1.54, 1.807) is 36.4 Å². The highest BCUT2D eigenvalue weighted by Gasteiger charge is 2.45. The molecular weight excluding hydrogens is 414 g/mol. The maximum absolute atomic E-state index is 12.7. The zero-order valence-corrected chi connectivity index (χ0v) is 16.1. The first kappa shape index (κ1) is 19.1. The summed E-state index contributed by atoms with van der Waals surface area (Å²) in [6.07, 6.45) is 0. The van der Waals surface area contributed by atoms with Crippen LogP contribution in [0, 0.1) is 0 Å². The highest BCUT2D eigenvalue weighted by Crippen LogP contribution is 2.40. The first-order valence-electron chi connectivity index (χ1n) is 8.26. The lowest BCUT2D eigenvalue weighted by molar-refractivity contribution is -0.140. The summed E-state index contributed by atoms with van der Waals surface area (Å²) in [5.41, 5.74) is 0.945. The summed E-state index contributed by atoms with van der Waals surface area (Å²) < 4.78 is 5.87. The molecule has 1 fully saturated rings. The van der Waals surface area contributed by atoms with Gasteiger partial charge in [0.05, 0.1) is 18.2 Å². The number of aliphatic hydroxyl groups excluding tert-OH is 1. The van der Waals surface area contributed by atoms with E-state index in [-0.39, 0.29) is 30.2 Å². The third kappa shape index (κ3) is 3.74. The van der Waals surface area contributed by atoms with Gasteiger partial charge in [-0.3, -0.25) is 9.59 Å². The number of methoxy groups -OCH3 is 1. The van der Waals surface area contributed by atoms with Crippen LogP contribution in [0.15, 0.2) is 58.6 Å². The summed E-state index contributed by atoms with van der Waals surface area (Å²) in [5, 5.41) is 20.7. The van der Waals surface area contributed by atoms with Crippen LogP contribution >= 0.6 is 15.9 Å². The zero-order valence-electron chi connectivity index (χ0n) is 14.6. The second kappa shape index (κ2) is 7.94. The fourth-order valence-electron chi connectivity index (χ4n) is 3.10. The molecule has 2 N–H and O–H groups in total. The van der Waals surface area contributed by atoms with Crippen molar-refractivity contribution in [1.82, 2.24) is 4.90 Å². The van der Waals surface area contributed by atoms with Crippen LogP contribution in [0.5, 0.6) is 5.75 Å². The molecule has 0 radical (unpaired) electrons. The summed E-state index contributed by atoms with van der Waals surface area (Å²) >= 11 is 3.33. The number of phenolic OH excluding ortho intramolecular Hbond substituents is 1. The molecule has 0 aromatic heterocycles. The number of rotatable bonds is 5. The second-order valence-corrected chi connectivity index (χ2v) is 7.00. The molecule has 1 unspecified atom stereocenters. The number of Topliss-reactive ketones (excluding diaryl/α,β-unsaturated/α-hetero) is 1. The smallest absolute Gasteiger partial charge is 0.295 e. The van der Waals surface area contributed by atoms with Gasteiger partial charge in [0.1, 0.15) is 11.5 Å². The largest absolute Gasteiger partial charge is 0.508 e. The Hall–Kier alpha value is -2.64. The van der Waals surface area contributed by atoms with Gasteiger partial charge in [0.25, 0.3) is 11.7 Å². The minimum absolute atomic E-state index is 0.00784. The van der Waals surface area contributed by atoms with Crippen LogP contribution in [-0.4, -0.2) is 47.1 Å². The molecule has 27 heavy (non-hydrogen) atoms. The summed E-state index contributed by atoms with van der Waals surface area (Å²) in [7, 11) is 1.50. The summed E-state index contributed by atoms with van der Waals surface area (Å²) in [6, 6.07) is 12.3. The van der Waals surface area contributed by atoms with Crippen LogP contribution < -0.4 is 0 Å². The van der Waals surface area contributed by atoms with Gasteiger partial charge in [0.2, 0.25) is 0 Å². The molecule has 0 bridgehead atoms. The third-order valence-electron chi connectivity index (χ3n) is 4.38. The Morgan fingerprint density at radius 1 is 1.19 bits per heavy atom. The molecular formula is C20H18BrNO5. The molecule has 2 aromatic rings.